The molecule has 210 valence electrons. The lowest BCUT2D eigenvalue weighted by Crippen LogP contribution is -2.71. The molecule has 4 nitrogen and oxygen atoms in total. The fourth-order valence-corrected chi connectivity index (χ4v) is 11.1. The molecule has 1 N–H and O–H groups in total. The number of fused-ring (bicyclic) bond motifs is 7. The van der Waals surface area contributed by atoms with E-state index in [-0.39, 0.29) is 51.7 Å². The predicted molar refractivity (Wildman–Crippen MR) is 148 cm³/mol. The topological polar surface area (TPSA) is 55.8 Å². The number of hydrogen-bond donors (Lipinski definition) is 1. The van der Waals surface area contributed by atoms with Crippen LogP contribution < -0.4 is 0 Å². The molecule has 0 spiro atoms. The first kappa shape index (κ1) is 27.7. The van der Waals surface area contributed by atoms with Gasteiger partial charge in [-0.2, -0.15) is 0 Å². The Balaban J connectivity index is 1.63. The van der Waals surface area contributed by atoms with E-state index in [4.69, 9.17) is 9.47 Å². The second-order valence-corrected chi connectivity index (χ2v) is 16.3. The van der Waals surface area contributed by atoms with Crippen LogP contribution in [0.5, 0.6) is 0 Å². The Kier molecular flexibility index (Phi) is 6.23. The molecule has 10 atom stereocenters. The fraction of sp³-hybridized carbons (Fsp3) is 0.909. The molecule has 0 bridgehead atoms. The molecular weight excluding hydrogens is 460 g/mol. The maximum Gasteiger partial charge on any atom is 0.302 e. The molecule has 0 aromatic carbocycles. The molecule has 5 rings (SSSR count). The monoisotopic (exact) mass is 514 g/mol. The quantitative estimate of drug-likeness (QED) is 0.309. The van der Waals surface area contributed by atoms with Gasteiger partial charge in [-0.15, -0.1) is 0 Å². The van der Waals surface area contributed by atoms with Gasteiger partial charge in [0.2, 0.25) is 0 Å². The van der Waals surface area contributed by atoms with Crippen molar-refractivity contribution in [1.82, 2.24) is 0 Å². The van der Waals surface area contributed by atoms with Crippen LogP contribution in [-0.2, 0) is 14.3 Å². The van der Waals surface area contributed by atoms with E-state index in [1.54, 1.807) is 5.57 Å². The van der Waals surface area contributed by atoms with Gasteiger partial charge in [0.15, 0.2) is 0 Å². The Morgan fingerprint density at radius 3 is 2.24 bits per heavy atom. The minimum atomic E-state index is -0.529. The van der Waals surface area contributed by atoms with E-state index in [0.29, 0.717) is 23.2 Å². The van der Waals surface area contributed by atoms with Gasteiger partial charge in [0.25, 0.3) is 0 Å². The summed E-state index contributed by atoms with van der Waals surface area (Å²) in [4.78, 5) is 12.0. The summed E-state index contributed by atoms with van der Waals surface area (Å²) in [6.07, 6.45) is 10.9. The number of ether oxygens (including phenoxy) is 2. The number of aliphatic hydroxyl groups excluding tert-OH is 1. The smallest absolute Gasteiger partial charge is 0.302 e. The Bertz CT molecular complexity index is 981. The maximum atomic E-state index is 12.0. The largest absolute Gasteiger partial charge is 0.462 e. The van der Waals surface area contributed by atoms with Gasteiger partial charge in [-0.3, -0.25) is 4.79 Å². The molecule has 37 heavy (non-hydrogen) atoms. The average Bonchev–Trinajstić information content (AvgIpc) is 2.78. The molecule has 0 aliphatic heterocycles. The molecular formula is C33H54O4. The molecule has 4 saturated carbocycles. The van der Waals surface area contributed by atoms with Crippen LogP contribution in [0.15, 0.2) is 11.6 Å². The van der Waals surface area contributed by atoms with Crippen LogP contribution >= 0.6 is 0 Å². The van der Waals surface area contributed by atoms with Crippen molar-refractivity contribution >= 4 is 5.97 Å². The molecule has 0 aromatic heterocycles. The normalized spacial score (nSPS) is 52.0. The van der Waals surface area contributed by atoms with Gasteiger partial charge in [0.1, 0.15) is 6.10 Å². The highest BCUT2D eigenvalue weighted by atomic mass is 16.5. The Labute approximate surface area is 226 Å². The molecule has 4 fully saturated rings. The Hall–Kier alpha value is -0.870. The van der Waals surface area contributed by atoms with Crippen LogP contribution in [0.4, 0.5) is 0 Å². The Morgan fingerprint density at radius 1 is 0.973 bits per heavy atom. The third-order valence-electron chi connectivity index (χ3n) is 13.6. The zero-order chi connectivity index (χ0) is 27.4. The van der Waals surface area contributed by atoms with Crippen LogP contribution in [0.1, 0.15) is 114 Å². The number of rotatable bonds is 2. The molecule has 0 amide bonds. The van der Waals surface area contributed by atoms with Crippen molar-refractivity contribution < 1.29 is 19.4 Å². The van der Waals surface area contributed by atoms with Gasteiger partial charge in [-0.1, -0.05) is 67.0 Å². The summed E-state index contributed by atoms with van der Waals surface area (Å²) in [5.74, 6) is 0.829. The molecule has 0 unspecified atom stereocenters. The second-order valence-electron chi connectivity index (χ2n) is 16.3. The van der Waals surface area contributed by atoms with Gasteiger partial charge >= 0.3 is 5.97 Å². The molecule has 0 saturated heterocycles. The molecule has 0 heterocycles. The van der Waals surface area contributed by atoms with E-state index in [0.717, 1.165) is 12.8 Å². The number of esters is 1. The van der Waals surface area contributed by atoms with Crippen molar-refractivity contribution in [2.24, 2.45) is 50.2 Å². The summed E-state index contributed by atoms with van der Waals surface area (Å²) in [6.45, 7) is 21.0. The number of carbonyl (C=O) groups excluding carboxylic acids is 1. The summed E-state index contributed by atoms with van der Waals surface area (Å²) < 4.78 is 12.3. The second kappa shape index (κ2) is 8.32. The van der Waals surface area contributed by atoms with Crippen LogP contribution in [0.3, 0.4) is 0 Å². The van der Waals surface area contributed by atoms with Gasteiger partial charge in [0.05, 0.1) is 12.2 Å². The van der Waals surface area contributed by atoms with Crippen molar-refractivity contribution in [1.29, 1.82) is 0 Å². The minimum Gasteiger partial charge on any atom is -0.462 e. The first-order valence-electron chi connectivity index (χ1n) is 15.1. The molecule has 0 aromatic rings. The summed E-state index contributed by atoms with van der Waals surface area (Å²) in [5.41, 5.74) is 2.06. The lowest BCUT2D eigenvalue weighted by atomic mass is 9.33. The van der Waals surface area contributed by atoms with Crippen LogP contribution in [-0.4, -0.2) is 36.5 Å². The fourth-order valence-electron chi connectivity index (χ4n) is 11.1. The summed E-state index contributed by atoms with van der Waals surface area (Å²) in [6, 6.07) is 0. The third-order valence-corrected chi connectivity index (χ3v) is 13.6. The van der Waals surface area contributed by atoms with Crippen molar-refractivity contribution in [2.45, 2.75) is 132 Å². The summed E-state index contributed by atoms with van der Waals surface area (Å²) >= 11 is 0. The zero-order valence-electron chi connectivity index (χ0n) is 25.4. The number of carbonyl (C=O) groups is 1. The van der Waals surface area contributed by atoms with Crippen molar-refractivity contribution in [2.75, 3.05) is 7.11 Å². The van der Waals surface area contributed by atoms with Crippen LogP contribution in [0, 0.1) is 50.2 Å². The molecule has 5 aliphatic rings. The van der Waals surface area contributed by atoms with Crippen LogP contribution in [0.2, 0.25) is 0 Å². The standard InChI is InChI=1S/C33H54O4/c1-20(34)37-26-18-25(35)33(9)24(29(26,4)5)11-12-32(8)27(33)23(36-10)17-21-22-19-28(2,3)13-14-30(22,6)15-16-31(21,32)7/h17,22-27,35H,11-16,18-19H2,1-10H3/t22-,23+,24-,25+,26-,27-,30+,31+,32+,33+/m0/s1. The van der Waals surface area contributed by atoms with E-state index < -0.39 is 6.10 Å². The van der Waals surface area contributed by atoms with Gasteiger partial charge in [-0.05, 0) is 78.4 Å². The Morgan fingerprint density at radius 2 is 1.62 bits per heavy atom. The van der Waals surface area contributed by atoms with E-state index in [1.165, 1.54) is 39.0 Å². The SMILES string of the molecule is CO[C@@H]1C=C2[C@@H]3CC(C)(C)CC[C@]3(C)CC[C@@]2(C)[C@]2(C)CC[C@H]3C(C)(C)[C@@H](OC(C)=O)C[C@@H](O)[C@]3(C)[C@@H]12. The van der Waals surface area contributed by atoms with Crippen molar-refractivity contribution in [3.05, 3.63) is 11.6 Å². The lowest BCUT2D eigenvalue weighted by Gasteiger charge is -2.73. The number of hydrogen-bond acceptors (Lipinski definition) is 4. The van der Waals surface area contributed by atoms with Gasteiger partial charge in [-0.25, -0.2) is 0 Å². The highest BCUT2D eigenvalue weighted by Gasteiger charge is 2.72. The average molecular weight is 515 g/mol. The van der Waals surface area contributed by atoms with E-state index in [9.17, 15) is 9.90 Å². The van der Waals surface area contributed by atoms with Gasteiger partial charge < -0.3 is 14.6 Å². The van der Waals surface area contributed by atoms with E-state index in [1.807, 2.05) is 7.11 Å². The van der Waals surface area contributed by atoms with E-state index >= 15 is 0 Å². The number of aliphatic hydroxyl groups is 1. The number of methoxy groups -OCH3 is 1. The van der Waals surface area contributed by atoms with Crippen LogP contribution in [0.25, 0.3) is 0 Å². The first-order valence-corrected chi connectivity index (χ1v) is 15.1. The first-order chi connectivity index (χ1) is 17.0. The third kappa shape index (κ3) is 3.63. The summed E-state index contributed by atoms with van der Waals surface area (Å²) in [7, 11) is 1.88. The molecule has 0 radical (unpaired) electrons. The highest BCUT2D eigenvalue weighted by Crippen LogP contribution is 2.76. The summed E-state index contributed by atoms with van der Waals surface area (Å²) in [5, 5.41) is 12.0. The highest BCUT2D eigenvalue weighted by molar-refractivity contribution is 5.66. The van der Waals surface area contributed by atoms with Crippen molar-refractivity contribution in [3.8, 4) is 0 Å². The van der Waals surface area contributed by atoms with Crippen molar-refractivity contribution in [3.63, 3.8) is 0 Å². The lowest BCUT2D eigenvalue weighted by molar-refractivity contribution is -0.265. The maximum absolute atomic E-state index is 12.0. The van der Waals surface area contributed by atoms with Gasteiger partial charge in [0, 0.05) is 37.2 Å². The molecule has 5 aliphatic carbocycles. The minimum absolute atomic E-state index is 0.0102. The predicted octanol–water partition coefficient (Wildman–Crippen LogP) is 7.34. The zero-order valence-corrected chi connectivity index (χ0v) is 25.4. The number of allylic oxidation sites excluding steroid dienone is 1. The van der Waals surface area contributed by atoms with E-state index in [2.05, 4.69) is 61.5 Å². The molecule has 4 heteroatoms.